The fourth-order valence-corrected chi connectivity index (χ4v) is 0.857. The molecule has 0 saturated carbocycles. The second-order valence-electron chi connectivity index (χ2n) is 3.21. The minimum atomic E-state index is 0.349. The molecule has 0 aliphatic heterocycles. The first-order chi connectivity index (χ1) is 6.02. The average molecular weight is 187 g/mol. The molecule has 13 heavy (non-hydrogen) atoms. The zero-order chi connectivity index (χ0) is 10.9. The van der Waals surface area contributed by atoms with Crippen molar-refractivity contribution in [2.75, 3.05) is 20.6 Å². The van der Waals surface area contributed by atoms with E-state index in [9.17, 15) is 0 Å². The Bertz CT molecular complexity index is 126. The highest BCUT2D eigenvalue weighted by Gasteiger charge is 1.99. The Morgan fingerprint density at radius 2 is 1.85 bits per heavy atom. The van der Waals surface area contributed by atoms with Crippen LogP contribution in [0, 0.1) is 0 Å². The molecule has 0 fully saturated rings. The lowest BCUT2D eigenvalue weighted by Crippen LogP contribution is -2.18. The van der Waals surface area contributed by atoms with Gasteiger partial charge in [-0.1, -0.05) is 13.8 Å². The lowest BCUT2D eigenvalue weighted by molar-refractivity contribution is 0.386. The first-order valence-electron chi connectivity index (χ1n) is 4.97. The van der Waals surface area contributed by atoms with Crippen molar-refractivity contribution in [1.82, 2.24) is 4.90 Å². The fourth-order valence-electron chi connectivity index (χ4n) is 0.857. The van der Waals surface area contributed by atoms with Crippen molar-refractivity contribution in [1.29, 1.82) is 0 Å². The van der Waals surface area contributed by atoms with E-state index in [0.717, 1.165) is 13.0 Å². The molecule has 0 radical (unpaired) electrons. The largest absolute Gasteiger partial charge is 0.388 e. The van der Waals surface area contributed by atoms with E-state index in [0.29, 0.717) is 11.9 Å². The number of nitrogens with zero attached hydrogens (tertiary/aromatic N) is 2. The molecule has 0 aromatic rings. The summed E-state index contributed by atoms with van der Waals surface area (Å²) in [6.45, 7) is 8.98. The molecule has 0 aromatic heterocycles. The Balaban J connectivity index is 0. The van der Waals surface area contributed by atoms with Crippen molar-refractivity contribution in [3.05, 3.63) is 0 Å². The number of hydrogen-bond donors (Lipinski definition) is 1. The van der Waals surface area contributed by atoms with Gasteiger partial charge in [0, 0.05) is 0 Å². The van der Waals surface area contributed by atoms with E-state index < -0.39 is 0 Å². The number of aliphatic imine (C=N–C) groups is 1. The highest BCUT2D eigenvalue weighted by molar-refractivity contribution is 5.77. The van der Waals surface area contributed by atoms with Gasteiger partial charge in [0.1, 0.15) is 0 Å². The van der Waals surface area contributed by atoms with Gasteiger partial charge in [-0.15, -0.1) is 0 Å². The normalized spacial score (nSPS) is 13.6. The molecule has 0 spiro atoms. The maximum absolute atomic E-state index is 5.44. The lowest BCUT2D eigenvalue weighted by Gasteiger charge is -2.11. The van der Waals surface area contributed by atoms with E-state index in [4.69, 9.17) is 5.73 Å². The van der Waals surface area contributed by atoms with E-state index >= 15 is 0 Å². The molecule has 0 aromatic carbocycles. The van der Waals surface area contributed by atoms with Crippen molar-refractivity contribution in [3.8, 4) is 0 Å². The molecule has 3 nitrogen and oxygen atoms in total. The van der Waals surface area contributed by atoms with Gasteiger partial charge in [-0.25, -0.2) is 0 Å². The SMILES string of the molecule is CC.CC(N)=NC(C)CCN(C)C. The lowest BCUT2D eigenvalue weighted by atomic mass is 10.2. The Labute approximate surface area is 83.0 Å². The van der Waals surface area contributed by atoms with Crippen molar-refractivity contribution < 1.29 is 0 Å². The molecule has 0 heterocycles. The number of hydrogen-bond acceptors (Lipinski definition) is 2. The van der Waals surface area contributed by atoms with Gasteiger partial charge in [-0.3, -0.25) is 4.99 Å². The molecule has 2 N–H and O–H groups in total. The summed E-state index contributed by atoms with van der Waals surface area (Å²) in [4.78, 5) is 6.37. The zero-order valence-corrected chi connectivity index (χ0v) is 9.96. The summed E-state index contributed by atoms with van der Waals surface area (Å²) in [6.07, 6.45) is 1.07. The second kappa shape index (κ2) is 9.52. The molecule has 1 unspecified atom stereocenters. The zero-order valence-electron chi connectivity index (χ0n) is 9.96. The summed E-state index contributed by atoms with van der Waals surface area (Å²) < 4.78 is 0. The van der Waals surface area contributed by atoms with E-state index in [1.807, 2.05) is 20.8 Å². The predicted octanol–water partition coefficient (Wildman–Crippen LogP) is 1.73. The van der Waals surface area contributed by atoms with E-state index in [2.05, 4.69) is 30.9 Å². The molecule has 0 rings (SSSR count). The van der Waals surface area contributed by atoms with Crippen LogP contribution in [0.15, 0.2) is 4.99 Å². The third kappa shape index (κ3) is 14.3. The van der Waals surface area contributed by atoms with E-state index in [1.165, 1.54) is 0 Å². The van der Waals surface area contributed by atoms with Crippen LogP contribution in [0.5, 0.6) is 0 Å². The van der Waals surface area contributed by atoms with E-state index in [-0.39, 0.29) is 0 Å². The maximum atomic E-state index is 5.44. The second-order valence-corrected chi connectivity index (χ2v) is 3.21. The number of rotatable bonds is 4. The standard InChI is InChI=1S/C8H19N3.C2H6/c1-7(10-8(2)9)5-6-11(3)4;1-2/h7H,5-6H2,1-4H3,(H2,9,10);1-2H3. The number of amidine groups is 1. The number of nitrogens with two attached hydrogens (primary N) is 1. The highest BCUT2D eigenvalue weighted by atomic mass is 15.1. The molecule has 0 amide bonds. The van der Waals surface area contributed by atoms with Crippen LogP contribution in [0.2, 0.25) is 0 Å². The Morgan fingerprint density at radius 1 is 1.38 bits per heavy atom. The van der Waals surface area contributed by atoms with Gasteiger partial charge >= 0.3 is 0 Å². The molecule has 0 aliphatic carbocycles. The molecule has 80 valence electrons. The molecular formula is C10H25N3. The molecular weight excluding hydrogens is 162 g/mol. The Morgan fingerprint density at radius 3 is 2.15 bits per heavy atom. The fraction of sp³-hybridized carbons (Fsp3) is 0.900. The van der Waals surface area contributed by atoms with Crippen molar-refractivity contribution >= 4 is 5.84 Å². The summed E-state index contributed by atoms with van der Waals surface area (Å²) in [7, 11) is 4.12. The van der Waals surface area contributed by atoms with Gasteiger partial charge in [0.05, 0.1) is 11.9 Å². The van der Waals surface area contributed by atoms with Crippen LogP contribution in [-0.2, 0) is 0 Å². The maximum Gasteiger partial charge on any atom is 0.0908 e. The van der Waals surface area contributed by atoms with Crippen molar-refractivity contribution in [3.63, 3.8) is 0 Å². The molecule has 1 atom stereocenters. The molecule has 3 heteroatoms. The smallest absolute Gasteiger partial charge is 0.0908 e. The van der Waals surface area contributed by atoms with Gasteiger partial charge < -0.3 is 10.6 Å². The van der Waals surface area contributed by atoms with Crippen molar-refractivity contribution in [2.45, 2.75) is 40.2 Å². The monoisotopic (exact) mass is 187 g/mol. The summed E-state index contributed by atoms with van der Waals surface area (Å²) in [5.41, 5.74) is 5.44. The molecule has 0 aliphatic rings. The van der Waals surface area contributed by atoms with Gasteiger partial charge in [0.2, 0.25) is 0 Å². The highest BCUT2D eigenvalue weighted by Crippen LogP contribution is 1.96. The van der Waals surface area contributed by atoms with Crippen LogP contribution in [0.25, 0.3) is 0 Å². The van der Waals surface area contributed by atoms with Crippen LogP contribution in [0.4, 0.5) is 0 Å². The quantitative estimate of drug-likeness (QED) is 0.538. The van der Waals surface area contributed by atoms with Gasteiger partial charge in [-0.2, -0.15) is 0 Å². The summed E-state index contributed by atoms with van der Waals surface area (Å²) >= 11 is 0. The topological polar surface area (TPSA) is 41.6 Å². The first kappa shape index (κ1) is 14.9. The molecule has 0 saturated heterocycles. The average Bonchev–Trinajstić information content (AvgIpc) is 2.03. The Kier molecular flexibility index (Phi) is 10.9. The minimum Gasteiger partial charge on any atom is -0.388 e. The van der Waals surface area contributed by atoms with Crippen LogP contribution < -0.4 is 5.73 Å². The summed E-state index contributed by atoms with van der Waals surface area (Å²) in [5, 5.41) is 0. The van der Waals surface area contributed by atoms with Gasteiger partial charge in [0.25, 0.3) is 0 Å². The van der Waals surface area contributed by atoms with Gasteiger partial charge in [-0.05, 0) is 40.9 Å². The summed E-state index contributed by atoms with van der Waals surface area (Å²) in [5.74, 6) is 0.677. The minimum absolute atomic E-state index is 0.349. The van der Waals surface area contributed by atoms with Crippen LogP contribution in [0.1, 0.15) is 34.1 Å². The molecule has 0 bridgehead atoms. The Hall–Kier alpha value is -0.570. The third-order valence-corrected chi connectivity index (χ3v) is 1.42. The van der Waals surface area contributed by atoms with E-state index in [1.54, 1.807) is 0 Å². The first-order valence-corrected chi connectivity index (χ1v) is 4.97. The third-order valence-electron chi connectivity index (χ3n) is 1.42. The van der Waals surface area contributed by atoms with Crippen LogP contribution >= 0.6 is 0 Å². The van der Waals surface area contributed by atoms with Crippen LogP contribution in [-0.4, -0.2) is 37.4 Å². The van der Waals surface area contributed by atoms with Crippen molar-refractivity contribution in [2.24, 2.45) is 10.7 Å². The van der Waals surface area contributed by atoms with Gasteiger partial charge in [0.15, 0.2) is 0 Å². The van der Waals surface area contributed by atoms with Crippen LogP contribution in [0.3, 0.4) is 0 Å². The summed E-state index contributed by atoms with van der Waals surface area (Å²) in [6, 6.07) is 0.349. The predicted molar refractivity (Wildman–Crippen MR) is 61.3 cm³/mol.